The molecular formula is C48H53NO7S. The molecular weight excluding hydrogens is 735 g/mol. The second kappa shape index (κ2) is 13.6. The number of aliphatic hydroxyl groups is 2. The summed E-state index contributed by atoms with van der Waals surface area (Å²) in [6.07, 6.45) is 10.9. The number of fused-ring (bicyclic) bond motifs is 2. The molecule has 57 heavy (non-hydrogen) atoms. The number of rotatable bonds is 9. The highest BCUT2D eigenvalue weighted by Crippen LogP contribution is 2.78. The Balaban J connectivity index is 1.10. The number of hydrogen-bond donors (Lipinski definition) is 2. The van der Waals surface area contributed by atoms with Crippen molar-refractivity contribution in [1.29, 1.82) is 0 Å². The molecule has 0 radical (unpaired) electrons. The predicted octanol–water partition coefficient (Wildman–Crippen LogP) is 9.70. The number of carbonyl (C=O) groups excluding carboxylic acids is 2. The van der Waals surface area contributed by atoms with Crippen LogP contribution < -0.4 is 14.2 Å². The number of hydrogen-bond acceptors (Lipinski definition) is 8. The Kier molecular flexibility index (Phi) is 9.07. The molecule has 2 bridgehead atoms. The van der Waals surface area contributed by atoms with Crippen LogP contribution in [0.1, 0.15) is 78.9 Å². The van der Waals surface area contributed by atoms with Crippen LogP contribution in [0, 0.1) is 40.4 Å². The van der Waals surface area contributed by atoms with Crippen LogP contribution in [0.3, 0.4) is 0 Å². The molecule has 8 atom stereocenters. The highest BCUT2D eigenvalue weighted by Gasteiger charge is 2.74. The van der Waals surface area contributed by atoms with Crippen molar-refractivity contribution >= 4 is 34.0 Å². The number of benzene rings is 3. The summed E-state index contributed by atoms with van der Waals surface area (Å²) in [4.78, 5) is 32.8. The fourth-order valence-corrected chi connectivity index (χ4v) is 13.2. The van der Waals surface area contributed by atoms with Gasteiger partial charge in [0.05, 0.1) is 43.9 Å². The summed E-state index contributed by atoms with van der Waals surface area (Å²) in [5.41, 5.74) is -1.49. The second-order valence-corrected chi connectivity index (χ2v) is 19.2. The van der Waals surface area contributed by atoms with Gasteiger partial charge in [0.25, 0.3) is 0 Å². The molecule has 2 spiro atoms. The molecule has 4 aromatic rings. The second-order valence-electron chi connectivity index (χ2n) is 18.0. The zero-order valence-corrected chi connectivity index (χ0v) is 34.4. The average molecular weight is 788 g/mol. The van der Waals surface area contributed by atoms with Gasteiger partial charge in [-0.05, 0) is 116 Å². The third-order valence-electron chi connectivity index (χ3n) is 15.4. The number of nitrogens with zero attached hydrogens (tertiary/aromatic N) is 1. The molecule has 298 valence electrons. The molecule has 0 aliphatic heterocycles. The SMILES string of the molecule is COc1ccc(CN(CC2(O)CCC3C45C=CC6(C=C4C(=O)c4ccc(C)s4)CC(O)CCC6(C)C5CCC32C)C(=O)Oc2ccc3ccccc3c2)c(OC)c1. The molecule has 9 heteroatoms. The maximum Gasteiger partial charge on any atom is 0.415 e. The van der Waals surface area contributed by atoms with Crippen molar-refractivity contribution in [2.24, 2.45) is 33.5 Å². The van der Waals surface area contributed by atoms with E-state index in [1.54, 1.807) is 31.3 Å². The van der Waals surface area contributed by atoms with Crippen LogP contribution >= 0.6 is 11.3 Å². The standard InChI is InChI=1S/C48H53NO7S/c1-30-10-15-39(57-30)42(51)37-27-46-22-23-48(37)40(44(46,2)19-16-34(50)26-46)17-20-45(3)41(48)18-21-47(45,53)29-49(28-33-12-13-35(54-4)25-38(33)55-5)43(52)56-36-14-11-31-8-6-7-9-32(31)24-36/h6-15,22-25,27,34,40-41,50,53H,16-21,26,28-29H2,1-5H3. The maximum absolute atomic E-state index is 14.9. The summed E-state index contributed by atoms with van der Waals surface area (Å²) in [6.45, 7) is 6.80. The summed E-state index contributed by atoms with van der Waals surface area (Å²) in [5.74, 6) is 1.81. The molecule has 2 N–H and O–H groups in total. The average Bonchev–Trinajstić information content (AvgIpc) is 3.76. The summed E-state index contributed by atoms with van der Waals surface area (Å²) < 4.78 is 17.4. The van der Waals surface area contributed by atoms with E-state index in [0.717, 1.165) is 57.3 Å². The van der Waals surface area contributed by atoms with Gasteiger partial charge in [0.2, 0.25) is 0 Å². The zero-order chi connectivity index (χ0) is 40.0. The molecule has 0 saturated heterocycles. The molecule has 8 nitrogen and oxygen atoms in total. The van der Waals surface area contributed by atoms with Crippen LogP contribution in [0.15, 0.2) is 96.6 Å². The highest BCUT2D eigenvalue weighted by atomic mass is 32.1. The number of ketones is 1. The predicted molar refractivity (Wildman–Crippen MR) is 222 cm³/mol. The van der Waals surface area contributed by atoms with E-state index in [-0.39, 0.29) is 36.1 Å². The minimum Gasteiger partial charge on any atom is -0.497 e. The van der Waals surface area contributed by atoms with Gasteiger partial charge in [-0.2, -0.15) is 0 Å². The lowest BCUT2D eigenvalue weighted by Crippen LogP contribution is -2.67. The van der Waals surface area contributed by atoms with Crippen LogP contribution in [0.4, 0.5) is 4.79 Å². The molecule has 3 saturated carbocycles. The van der Waals surface area contributed by atoms with E-state index in [9.17, 15) is 19.8 Å². The highest BCUT2D eigenvalue weighted by molar-refractivity contribution is 7.14. The van der Waals surface area contributed by atoms with E-state index >= 15 is 0 Å². The lowest BCUT2D eigenvalue weighted by molar-refractivity contribution is -0.175. The Bertz CT molecular complexity index is 2330. The quantitative estimate of drug-likeness (QED) is 0.129. The molecule has 3 fully saturated rings. The number of ether oxygens (including phenoxy) is 3. The van der Waals surface area contributed by atoms with Gasteiger partial charge in [-0.25, -0.2) is 4.79 Å². The van der Waals surface area contributed by atoms with Crippen molar-refractivity contribution < 1.29 is 34.0 Å². The van der Waals surface area contributed by atoms with Crippen LogP contribution in [-0.4, -0.2) is 59.5 Å². The minimum absolute atomic E-state index is 0.0383. The van der Waals surface area contributed by atoms with E-state index in [1.807, 2.05) is 67.6 Å². The van der Waals surface area contributed by atoms with Gasteiger partial charge in [0, 0.05) is 38.3 Å². The van der Waals surface area contributed by atoms with Crippen molar-refractivity contribution in [3.63, 3.8) is 0 Å². The van der Waals surface area contributed by atoms with Crippen molar-refractivity contribution in [3.8, 4) is 17.2 Å². The Hall–Kier alpha value is -4.44. The fraction of sp³-hybridized carbons (Fsp3) is 0.458. The lowest BCUT2D eigenvalue weighted by atomic mass is 9.32. The first-order valence-corrected chi connectivity index (χ1v) is 21.2. The van der Waals surface area contributed by atoms with Crippen molar-refractivity contribution in [1.82, 2.24) is 4.90 Å². The molecule has 1 amide bonds. The molecule has 3 aromatic carbocycles. The first-order valence-electron chi connectivity index (χ1n) is 20.4. The van der Waals surface area contributed by atoms with Gasteiger partial charge >= 0.3 is 6.09 Å². The minimum atomic E-state index is -1.29. The Morgan fingerprint density at radius 1 is 0.842 bits per heavy atom. The van der Waals surface area contributed by atoms with E-state index in [2.05, 4.69) is 32.1 Å². The van der Waals surface area contributed by atoms with Crippen molar-refractivity contribution in [2.75, 3.05) is 20.8 Å². The summed E-state index contributed by atoms with van der Waals surface area (Å²) in [5, 5.41) is 26.4. The number of Topliss-reactive ketones (excluding diaryl/α,β-unsaturated/α-hetero) is 1. The molecule has 6 aliphatic carbocycles. The first-order chi connectivity index (χ1) is 27.3. The normalized spacial score (nSPS) is 33.5. The van der Waals surface area contributed by atoms with Gasteiger partial charge in [0.1, 0.15) is 17.2 Å². The fourth-order valence-electron chi connectivity index (χ4n) is 12.4. The Labute approximate surface area is 339 Å². The number of allylic oxidation sites excluding steroid dienone is 4. The van der Waals surface area contributed by atoms with Crippen LogP contribution in [0.25, 0.3) is 10.8 Å². The molecule has 1 heterocycles. The lowest BCUT2D eigenvalue weighted by Gasteiger charge is -2.71. The van der Waals surface area contributed by atoms with Gasteiger partial charge in [-0.15, -0.1) is 11.3 Å². The molecule has 1 aromatic heterocycles. The topological polar surface area (TPSA) is 106 Å². The number of aliphatic hydroxyl groups excluding tert-OH is 1. The Morgan fingerprint density at radius 3 is 2.33 bits per heavy atom. The van der Waals surface area contributed by atoms with E-state index < -0.39 is 34.0 Å². The van der Waals surface area contributed by atoms with Crippen LogP contribution in [0.5, 0.6) is 17.2 Å². The number of aryl methyl sites for hydroxylation is 1. The molecule has 6 aliphatic rings. The van der Waals surface area contributed by atoms with Crippen LogP contribution in [0.2, 0.25) is 0 Å². The maximum atomic E-state index is 14.9. The number of amides is 1. The van der Waals surface area contributed by atoms with E-state index in [4.69, 9.17) is 14.2 Å². The van der Waals surface area contributed by atoms with Crippen LogP contribution in [-0.2, 0) is 6.54 Å². The molecule has 8 unspecified atom stereocenters. The molecule has 10 rings (SSSR count). The van der Waals surface area contributed by atoms with Crippen molar-refractivity contribution in [3.05, 3.63) is 112 Å². The summed E-state index contributed by atoms with van der Waals surface area (Å²) >= 11 is 1.53. The Morgan fingerprint density at radius 2 is 1.58 bits per heavy atom. The first kappa shape index (κ1) is 38.1. The number of methoxy groups -OCH3 is 2. The number of carbonyl (C=O) groups is 2. The zero-order valence-electron chi connectivity index (χ0n) is 33.5. The van der Waals surface area contributed by atoms with Gasteiger partial charge < -0.3 is 29.3 Å². The van der Waals surface area contributed by atoms with Gasteiger partial charge in [-0.1, -0.05) is 62.4 Å². The van der Waals surface area contributed by atoms with E-state index in [1.165, 1.54) is 11.3 Å². The van der Waals surface area contributed by atoms with Gasteiger partial charge in [-0.3, -0.25) is 4.79 Å². The smallest absolute Gasteiger partial charge is 0.415 e. The number of thiophene rings is 1. The largest absolute Gasteiger partial charge is 0.497 e. The monoisotopic (exact) mass is 787 g/mol. The third kappa shape index (κ3) is 5.66. The van der Waals surface area contributed by atoms with Crippen molar-refractivity contribution in [2.45, 2.75) is 84.0 Å². The summed E-state index contributed by atoms with van der Waals surface area (Å²) in [7, 11) is 3.20. The third-order valence-corrected chi connectivity index (χ3v) is 16.4. The summed E-state index contributed by atoms with van der Waals surface area (Å²) in [6, 6.07) is 23.0. The van der Waals surface area contributed by atoms with E-state index in [0.29, 0.717) is 36.5 Å². The van der Waals surface area contributed by atoms with Gasteiger partial charge in [0.15, 0.2) is 5.78 Å².